The van der Waals surface area contributed by atoms with E-state index in [0.29, 0.717) is 6.42 Å². The Kier molecular flexibility index (Phi) is 4.24. The van der Waals surface area contributed by atoms with Crippen LogP contribution in [0.25, 0.3) is 10.9 Å². The summed E-state index contributed by atoms with van der Waals surface area (Å²) < 4.78 is 0. The van der Waals surface area contributed by atoms with Gasteiger partial charge in [0.2, 0.25) is 0 Å². The number of pyridine rings is 1. The molecule has 2 aliphatic carbocycles. The van der Waals surface area contributed by atoms with Crippen molar-refractivity contribution >= 4 is 23.3 Å². The van der Waals surface area contributed by atoms with Gasteiger partial charge in [-0.25, -0.2) is 0 Å². The quantitative estimate of drug-likeness (QED) is 0.580. The molecule has 2 bridgehead atoms. The first kappa shape index (κ1) is 19.8. The molecule has 1 aromatic heterocycles. The van der Waals surface area contributed by atoms with Crippen LogP contribution >= 0.6 is 12.4 Å². The molecular formula is C25H27ClN2O2. The van der Waals surface area contributed by atoms with E-state index in [-0.39, 0.29) is 24.2 Å². The van der Waals surface area contributed by atoms with Crippen LogP contribution in [0.5, 0.6) is 5.75 Å². The van der Waals surface area contributed by atoms with Gasteiger partial charge in [0.05, 0.1) is 11.1 Å². The van der Waals surface area contributed by atoms with Gasteiger partial charge in [0.15, 0.2) is 0 Å². The number of likely N-dealkylation sites (N-methyl/N-ethyl adjacent to an activating group) is 1. The minimum atomic E-state index is -0.855. The summed E-state index contributed by atoms with van der Waals surface area (Å²) in [7, 11) is 2.14. The molecule has 4 nitrogen and oxygen atoms in total. The van der Waals surface area contributed by atoms with Crippen molar-refractivity contribution < 1.29 is 10.2 Å². The lowest BCUT2D eigenvalue weighted by Gasteiger charge is -2.63. The number of phenols is 1. The number of aliphatic hydroxyl groups is 1. The SMILES string of the molecule is Cc1cccc2nc3c(cc12)C[C@@]1(O)[C@H]2Cc4ccc(O)cc4[C@@]1(CCN2C)C3.Cl. The van der Waals surface area contributed by atoms with Crippen molar-refractivity contribution in [1.29, 1.82) is 0 Å². The molecule has 0 saturated carbocycles. The molecular weight excluding hydrogens is 396 g/mol. The Bertz CT molecular complexity index is 1180. The molecule has 6 rings (SSSR count). The molecule has 1 fully saturated rings. The first-order valence-electron chi connectivity index (χ1n) is 10.5. The Morgan fingerprint density at radius 2 is 1.93 bits per heavy atom. The number of aromatic nitrogens is 1. The zero-order chi connectivity index (χ0) is 20.0. The number of nitrogens with zero attached hydrogens (tertiary/aromatic N) is 2. The summed E-state index contributed by atoms with van der Waals surface area (Å²) in [6, 6.07) is 14.3. The van der Waals surface area contributed by atoms with E-state index in [1.165, 1.54) is 22.1 Å². The average molecular weight is 423 g/mol. The van der Waals surface area contributed by atoms with Crippen LogP contribution in [-0.4, -0.2) is 45.3 Å². The Morgan fingerprint density at radius 1 is 1.10 bits per heavy atom. The lowest BCUT2D eigenvalue weighted by Crippen LogP contribution is -2.73. The van der Waals surface area contributed by atoms with Gasteiger partial charge in [0.1, 0.15) is 5.75 Å². The minimum absolute atomic E-state index is 0. The second-order valence-electron chi connectivity index (χ2n) is 9.39. The third-order valence-corrected chi connectivity index (χ3v) is 8.00. The number of piperidine rings is 1. The fourth-order valence-corrected chi connectivity index (χ4v) is 6.44. The molecule has 2 heterocycles. The number of aromatic hydroxyl groups is 1. The minimum Gasteiger partial charge on any atom is -0.508 e. The highest BCUT2D eigenvalue weighted by atomic mass is 35.5. The van der Waals surface area contributed by atoms with Crippen LogP contribution in [0.3, 0.4) is 0 Å². The number of aryl methyl sites for hydroxylation is 1. The number of hydrogen-bond donors (Lipinski definition) is 2. The number of hydrogen-bond acceptors (Lipinski definition) is 4. The molecule has 1 aliphatic heterocycles. The molecule has 156 valence electrons. The number of fused-ring (bicyclic) bond motifs is 3. The standard InChI is InChI=1S/C25H26N2O2.ClH/c1-15-4-3-5-21-19(15)10-17-13-25(29)23-11-16-6-7-18(28)12-20(16)24(25,8-9-27(23)2)14-22(17)26-21;/h3-7,10,12,23,28-29H,8-9,11,13-14H2,1-2H3;1H/t23-,24-,25-;/m1./s1. The summed E-state index contributed by atoms with van der Waals surface area (Å²) in [6.45, 7) is 3.07. The van der Waals surface area contributed by atoms with Crippen LogP contribution in [0.1, 0.15) is 34.4 Å². The van der Waals surface area contributed by atoms with Crippen LogP contribution in [0.4, 0.5) is 0 Å². The van der Waals surface area contributed by atoms with Crippen molar-refractivity contribution in [2.45, 2.75) is 49.7 Å². The maximum Gasteiger partial charge on any atom is 0.115 e. The van der Waals surface area contributed by atoms with Gasteiger partial charge in [-0.15, -0.1) is 12.4 Å². The highest BCUT2D eigenvalue weighted by molar-refractivity contribution is 5.85. The highest BCUT2D eigenvalue weighted by Crippen LogP contribution is 2.57. The summed E-state index contributed by atoms with van der Waals surface area (Å²) in [6.07, 6.45) is 3.03. The van der Waals surface area contributed by atoms with E-state index in [0.717, 1.165) is 42.6 Å². The molecule has 2 aromatic carbocycles. The van der Waals surface area contributed by atoms with Gasteiger partial charge < -0.3 is 15.1 Å². The molecule has 2 N–H and O–H groups in total. The predicted molar refractivity (Wildman–Crippen MR) is 121 cm³/mol. The van der Waals surface area contributed by atoms with Crippen LogP contribution in [0.15, 0.2) is 42.5 Å². The summed E-state index contributed by atoms with van der Waals surface area (Å²) in [5.74, 6) is 0.283. The van der Waals surface area contributed by atoms with Crippen LogP contribution < -0.4 is 0 Å². The first-order valence-corrected chi connectivity index (χ1v) is 10.5. The van der Waals surface area contributed by atoms with Crippen molar-refractivity contribution in [3.8, 4) is 5.75 Å². The average Bonchev–Trinajstić information content (AvgIpc) is 2.69. The van der Waals surface area contributed by atoms with Crippen LogP contribution in [0.2, 0.25) is 0 Å². The monoisotopic (exact) mass is 422 g/mol. The van der Waals surface area contributed by atoms with Gasteiger partial charge in [-0.3, -0.25) is 4.98 Å². The second-order valence-corrected chi connectivity index (χ2v) is 9.39. The fraction of sp³-hybridized carbons (Fsp3) is 0.400. The van der Waals surface area contributed by atoms with Crippen molar-refractivity contribution in [1.82, 2.24) is 9.88 Å². The Labute approximate surface area is 183 Å². The lowest BCUT2D eigenvalue weighted by atomic mass is 9.49. The summed E-state index contributed by atoms with van der Waals surface area (Å²) >= 11 is 0. The third-order valence-electron chi connectivity index (χ3n) is 8.00. The van der Waals surface area contributed by atoms with Gasteiger partial charge in [0, 0.05) is 35.4 Å². The van der Waals surface area contributed by atoms with Gasteiger partial charge in [-0.05, 0) is 79.9 Å². The molecule has 0 spiro atoms. The van der Waals surface area contributed by atoms with Crippen LogP contribution in [0, 0.1) is 6.92 Å². The largest absolute Gasteiger partial charge is 0.508 e. The topological polar surface area (TPSA) is 56.6 Å². The maximum atomic E-state index is 12.3. The molecule has 0 unspecified atom stereocenters. The van der Waals surface area contributed by atoms with E-state index in [4.69, 9.17) is 4.98 Å². The Balaban J connectivity index is 0.00000193. The second kappa shape index (κ2) is 6.43. The predicted octanol–water partition coefficient (Wildman–Crippen LogP) is 3.70. The lowest BCUT2D eigenvalue weighted by molar-refractivity contribution is -0.145. The third kappa shape index (κ3) is 2.38. The molecule has 3 atom stereocenters. The molecule has 3 aliphatic rings. The van der Waals surface area contributed by atoms with Gasteiger partial charge in [-0.2, -0.15) is 0 Å². The normalized spacial score (nSPS) is 29.5. The van der Waals surface area contributed by atoms with Gasteiger partial charge in [0.25, 0.3) is 0 Å². The van der Waals surface area contributed by atoms with Crippen molar-refractivity contribution in [3.05, 3.63) is 70.4 Å². The highest BCUT2D eigenvalue weighted by Gasteiger charge is 2.64. The number of likely N-dealkylation sites (tertiary alicyclic amines) is 1. The van der Waals surface area contributed by atoms with Gasteiger partial charge >= 0.3 is 0 Å². The molecule has 5 heteroatoms. The molecule has 0 radical (unpaired) electrons. The summed E-state index contributed by atoms with van der Waals surface area (Å²) in [5, 5.41) is 23.8. The van der Waals surface area contributed by atoms with E-state index < -0.39 is 11.0 Å². The smallest absolute Gasteiger partial charge is 0.115 e. The summed E-state index contributed by atoms with van der Waals surface area (Å²) in [4.78, 5) is 7.40. The van der Waals surface area contributed by atoms with Crippen molar-refractivity contribution in [2.75, 3.05) is 13.6 Å². The van der Waals surface area contributed by atoms with E-state index in [2.05, 4.69) is 43.1 Å². The number of benzene rings is 2. The molecule has 1 saturated heterocycles. The Hall–Kier alpha value is -2.14. The molecule has 30 heavy (non-hydrogen) atoms. The van der Waals surface area contributed by atoms with E-state index >= 15 is 0 Å². The first-order chi connectivity index (χ1) is 13.9. The van der Waals surface area contributed by atoms with Crippen LogP contribution in [-0.2, 0) is 24.7 Å². The van der Waals surface area contributed by atoms with E-state index in [9.17, 15) is 10.2 Å². The number of phenolic OH excluding ortho intramolecular Hbond substituents is 1. The van der Waals surface area contributed by atoms with Crippen molar-refractivity contribution in [2.24, 2.45) is 0 Å². The number of rotatable bonds is 0. The summed E-state index contributed by atoms with van der Waals surface area (Å²) in [5.41, 5.74) is 5.66. The molecule has 0 amide bonds. The maximum absolute atomic E-state index is 12.3. The number of halogens is 1. The van der Waals surface area contributed by atoms with Crippen molar-refractivity contribution in [3.63, 3.8) is 0 Å². The van der Waals surface area contributed by atoms with Gasteiger partial charge in [-0.1, -0.05) is 18.2 Å². The zero-order valence-corrected chi connectivity index (χ0v) is 18.2. The molecule has 3 aromatic rings. The fourth-order valence-electron chi connectivity index (χ4n) is 6.44. The van der Waals surface area contributed by atoms with E-state index in [1.54, 1.807) is 6.07 Å². The Morgan fingerprint density at radius 3 is 2.77 bits per heavy atom. The van der Waals surface area contributed by atoms with E-state index in [1.807, 2.05) is 12.1 Å². The zero-order valence-electron chi connectivity index (χ0n) is 17.4.